The Bertz CT molecular complexity index is 1900. The third kappa shape index (κ3) is 4.21. The van der Waals surface area contributed by atoms with Gasteiger partial charge in [0.1, 0.15) is 35.2 Å². The molecule has 0 spiro atoms. The molecule has 2 aromatic heterocycles. The maximum absolute atomic E-state index is 16.7. The number of ether oxygens (including phenoxy) is 2. The van der Waals surface area contributed by atoms with Crippen LogP contribution >= 0.6 is 0 Å². The molecule has 8 nitrogen and oxygen atoms in total. The maximum Gasteiger partial charge on any atom is 0.319 e. The topological polar surface area (TPSA) is 83.8 Å². The summed E-state index contributed by atoms with van der Waals surface area (Å²) in [5, 5.41) is 11.7. The first-order chi connectivity index (χ1) is 21.4. The van der Waals surface area contributed by atoms with Crippen molar-refractivity contribution in [2.45, 2.75) is 24.8 Å². The summed E-state index contributed by atoms with van der Waals surface area (Å²) in [6, 6.07) is 5.61. The van der Waals surface area contributed by atoms with Gasteiger partial charge in [0, 0.05) is 49.9 Å². The number of rotatable bonds is 5. The fourth-order valence-electron chi connectivity index (χ4n) is 7.70. The van der Waals surface area contributed by atoms with E-state index in [1.165, 1.54) is 42.5 Å². The number of piperidine rings is 1. The fraction of sp³-hybridized carbons (Fsp3) is 0.382. The van der Waals surface area contributed by atoms with Crippen molar-refractivity contribution in [2.24, 2.45) is 11.8 Å². The monoisotopic (exact) mass is 595 g/mol. The molecule has 0 unspecified atom stereocenters. The summed E-state index contributed by atoms with van der Waals surface area (Å²) in [4.78, 5) is 18.4. The summed E-state index contributed by atoms with van der Waals surface area (Å²) in [6.45, 7) is 8.93. The van der Waals surface area contributed by atoms with Crippen LogP contribution in [0.5, 0.6) is 11.8 Å². The highest BCUT2D eigenvalue weighted by molar-refractivity contribution is 6.03. The smallest absolute Gasteiger partial charge is 0.319 e. The van der Waals surface area contributed by atoms with E-state index < -0.39 is 11.6 Å². The van der Waals surface area contributed by atoms with Crippen molar-refractivity contribution in [1.82, 2.24) is 19.9 Å². The molecule has 1 N–H and O–H groups in total. The molecule has 3 atom stereocenters. The molecule has 1 aliphatic carbocycles. The minimum Gasteiger partial charge on any atom is -0.508 e. The van der Waals surface area contributed by atoms with E-state index in [1.54, 1.807) is 0 Å². The van der Waals surface area contributed by atoms with Gasteiger partial charge in [-0.2, -0.15) is 9.97 Å². The second-order valence-electron chi connectivity index (χ2n) is 12.4. The van der Waals surface area contributed by atoms with Crippen molar-refractivity contribution in [1.29, 1.82) is 0 Å². The van der Waals surface area contributed by atoms with Crippen LogP contribution in [0, 0.1) is 35.8 Å². The minimum atomic E-state index is -0.738. The first kappa shape index (κ1) is 27.2. The summed E-state index contributed by atoms with van der Waals surface area (Å²) in [5.41, 5.74) is 1.12. The minimum absolute atomic E-state index is 0.0243. The van der Waals surface area contributed by atoms with Crippen molar-refractivity contribution in [2.75, 3.05) is 50.9 Å². The van der Waals surface area contributed by atoms with Crippen LogP contribution in [0.15, 0.2) is 42.6 Å². The highest BCUT2D eigenvalue weighted by Gasteiger charge is 2.64. The first-order valence-corrected chi connectivity index (χ1v) is 15.0. The average molecular weight is 596 g/mol. The second kappa shape index (κ2) is 10.1. The van der Waals surface area contributed by atoms with Gasteiger partial charge in [-0.3, -0.25) is 9.88 Å². The molecule has 5 heterocycles. The number of anilines is 1. The van der Waals surface area contributed by atoms with E-state index in [-0.39, 0.29) is 45.0 Å². The van der Waals surface area contributed by atoms with E-state index in [2.05, 4.69) is 32.3 Å². The molecule has 0 amide bonds. The average Bonchev–Trinajstić information content (AvgIpc) is 3.71. The van der Waals surface area contributed by atoms with Gasteiger partial charge < -0.3 is 19.5 Å². The highest BCUT2D eigenvalue weighted by Crippen LogP contribution is 2.60. The number of hydrogen-bond acceptors (Lipinski definition) is 8. The number of benzene rings is 2. The Hall–Kier alpha value is -4.33. The zero-order valence-corrected chi connectivity index (χ0v) is 24.2. The Morgan fingerprint density at radius 2 is 2.09 bits per heavy atom. The Balaban J connectivity index is 1.27. The number of phenolic OH excluding ortho intramolecular Hbond substituents is 1. The summed E-state index contributed by atoms with van der Waals surface area (Å²) in [7, 11) is 0. The van der Waals surface area contributed by atoms with Gasteiger partial charge >= 0.3 is 6.01 Å². The highest BCUT2D eigenvalue weighted by atomic mass is 19.1. The fourth-order valence-corrected chi connectivity index (χ4v) is 7.70. The Labute approximate surface area is 253 Å². The van der Waals surface area contributed by atoms with Crippen molar-refractivity contribution >= 4 is 27.5 Å². The van der Waals surface area contributed by atoms with Crippen LogP contribution < -0.4 is 9.64 Å². The van der Waals surface area contributed by atoms with E-state index in [1.807, 2.05) is 0 Å². The lowest BCUT2D eigenvalue weighted by molar-refractivity contribution is 0.0830. The summed E-state index contributed by atoms with van der Waals surface area (Å²) >= 11 is 0. The largest absolute Gasteiger partial charge is 0.508 e. The standard InChI is InChI=1S/C34H31F2N5O3/c1-3-23-27(35)6-5-20-11-22(42)13-24(28(20)23)30-29(36)31-25(15-37-30)32(40-7-4-9-43-10-8-40)39-33(38-31)44-18-34-14-19(2)16-41(34)17-21-12-26(21)34/h1,5-6,11,13,15,21,26,42H,2,4,7-10,12,14,16-18H2/t21-,26-,34-/m1/s1. The number of aromatic nitrogens is 3. The predicted octanol–water partition coefficient (Wildman–Crippen LogP) is 5.07. The molecule has 224 valence electrons. The molecule has 10 heteroatoms. The van der Waals surface area contributed by atoms with Gasteiger partial charge in [0.05, 0.1) is 23.1 Å². The van der Waals surface area contributed by atoms with Crippen LogP contribution in [0.1, 0.15) is 24.8 Å². The molecule has 4 aromatic rings. The second-order valence-corrected chi connectivity index (χ2v) is 12.4. The van der Waals surface area contributed by atoms with E-state index in [9.17, 15) is 9.50 Å². The van der Waals surface area contributed by atoms with Crippen LogP contribution in [0.2, 0.25) is 0 Å². The van der Waals surface area contributed by atoms with Crippen LogP contribution in [0.4, 0.5) is 14.6 Å². The summed E-state index contributed by atoms with van der Waals surface area (Å²) in [6.07, 6.45) is 10.1. The van der Waals surface area contributed by atoms with Gasteiger partial charge in [0.15, 0.2) is 5.82 Å². The van der Waals surface area contributed by atoms with Gasteiger partial charge in [-0.1, -0.05) is 24.1 Å². The molecule has 3 aliphatic heterocycles. The molecular formula is C34H31F2N5O3. The van der Waals surface area contributed by atoms with Crippen LogP contribution in [-0.2, 0) is 4.74 Å². The third-order valence-electron chi connectivity index (χ3n) is 9.74. The first-order valence-electron chi connectivity index (χ1n) is 15.0. The molecule has 4 fully saturated rings. The van der Waals surface area contributed by atoms with Crippen molar-refractivity contribution < 1.29 is 23.4 Å². The molecule has 3 saturated heterocycles. The number of hydrogen-bond donors (Lipinski definition) is 1. The molecule has 0 bridgehead atoms. The number of phenols is 1. The molecule has 44 heavy (non-hydrogen) atoms. The van der Waals surface area contributed by atoms with Crippen molar-refractivity contribution in [3.8, 4) is 35.4 Å². The number of nitrogens with zero attached hydrogens (tertiary/aromatic N) is 5. The van der Waals surface area contributed by atoms with Gasteiger partial charge in [0.25, 0.3) is 0 Å². The van der Waals surface area contributed by atoms with Crippen molar-refractivity contribution in [3.05, 3.63) is 59.8 Å². The molecule has 2 aromatic carbocycles. The molecule has 1 saturated carbocycles. The lowest BCUT2D eigenvalue weighted by atomic mass is 9.91. The summed E-state index contributed by atoms with van der Waals surface area (Å²) in [5.74, 6) is 2.66. The number of pyridine rings is 1. The van der Waals surface area contributed by atoms with Crippen LogP contribution in [0.3, 0.4) is 0 Å². The lowest BCUT2D eigenvalue weighted by Crippen LogP contribution is -2.47. The number of halogens is 2. The van der Waals surface area contributed by atoms with Gasteiger partial charge in [-0.25, -0.2) is 8.78 Å². The number of aromatic hydroxyl groups is 1. The molecule has 8 rings (SSSR count). The zero-order chi connectivity index (χ0) is 30.2. The molecular weight excluding hydrogens is 564 g/mol. The third-order valence-corrected chi connectivity index (χ3v) is 9.74. The molecule has 4 aliphatic rings. The van der Waals surface area contributed by atoms with E-state index >= 15 is 4.39 Å². The molecule has 0 radical (unpaired) electrons. The SMILES string of the molecule is C#Cc1c(F)ccc2cc(O)cc(-c3ncc4c(N5CCCOCC5)nc(OC[C@@]56CC(=C)CN5C[C@H]5C[C@H]56)nc4c3F)c12. The zero-order valence-electron chi connectivity index (χ0n) is 24.2. The van der Waals surface area contributed by atoms with Gasteiger partial charge in [0.2, 0.25) is 0 Å². The van der Waals surface area contributed by atoms with E-state index in [0.717, 1.165) is 25.9 Å². The normalized spacial score (nSPS) is 24.8. The maximum atomic E-state index is 16.7. The van der Waals surface area contributed by atoms with E-state index in [0.29, 0.717) is 61.3 Å². The Morgan fingerprint density at radius 1 is 1.20 bits per heavy atom. The van der Waals surface area contributed by atoms with E-state index in [4.69, 9.17) is 20.9 Å². The predicted molar refractivity (Wildman–Crippen MR) is 163 cm³/mol. The Kier molecular flexibility index (Phi) is 6.26. The number of fused-ring (bicyclic) bond motifs is 5. The van der Waals surface area contributed by atoms with Gasteiger partial charge in [-0.05, 0) is 54.7 Å². The quantitative estimate of drug-likeness (QED) is 0.253. The summed E-state index contributed by atoms with van der Waals surface area (Å²) < 4.78 is 43.6. The lowest BCUT2D eigenvalue weighted by Gasteiger charge is -2.34. The van der Waals surface area contributed by atoms with Crippen LogP contribution in [-0.4, -0.2) is 76.5 Å². The van der Waals surface area contributed by atoms with Crippen LogP contribution in [0.25, 0.3) is 32.9 Å². The number of terminal acetylenes is 1. The van der Waals surface area contributed by atoms with Crippen molar-refractivity contribution in [3.63, 3.8) is 0 Å². The van der Waals surface area contributed by atoms with Gasteiger partial charge in [-0.15, -0.1) is 6.42 Å². The Morgan fingerprint density at radius 3 is 2.95 bits per heavy atom.